The van der Waals surface area contributed by atoms with Gasteiger partial charge >= 0.3 is 0 Å². The van der Waals surface area contributed by atoms with Gasteiger partial charge in [0.25, 0.3) is 5.92 Å². The molecule has 2 rings (SSSR count). The Kier molecular flexibility index (Phi) is 3.51. The largest absolute Gasteiger partial charge is 0.339 e. The van der Waals surface area contributed by atoms with Crippen LogP contribution in [0.3, 0.4) is 0 Å². The van der Waals surface area contributed by atoms with Gasteiger partial charge in [0.2, 0.25) is 5.95 Å². The number of halogens is 2. The third kappa shape index (κ3) is 3.09. The van der Waals surface area contributed by atoms with Gasteiger partial charge in [-0.25, -0.2) is 9.97 Å². The van der Waals surface area contributed by atoms with Crippen LogP contribution in [0.5, 0.6) is 0 Å². The predicted octanol–water partition coefficient (Wildman–Crippen LogP) is 1.39. The molecule has 0 atom stereocenters. The summed E-state index contributed by atoms with van der Waals surface area (Å²) in [7, 11) is 0. The van der Waals surface area contributed by atoms with Crippen LogP contribution in [-0.2, 0) is 5.92 Å². The zero-order valence-electron chi connectivity index (χ0n) is 9.79. The molecule has 1 N–H and O–H groups in total. The van der Waals surface area contributed by atoms with E-state index in [1.165, 1.54) is 12.3 Å². The van der Waals surface area contributed by atoms with Gasteiger partial charge in [-0.05, 0) is 19.0 Å². The molecule has 2 heterocycles. The van der Waals surface area contributed by atoms with E-state index >= 15 is 0 Å². The first kappa shape index (κ1) is 12.2. The number of nitrogens with one attached hydrogen (secondary N) is 1. The Balaban J connectivity index is 2.20. The first-order valence-corrected chi connectivity index (χ1v) is 5.74. The number of hydrogen-bond acceptors (Lipinski definition) is 4. The second kappa shape index (κ2) is 4.91. The molecule has 1 fully saturated rings. The van der Waals surface area contributed by atoms with Crippen LogP contribution >= 0.6 is 0 Å². The molecule has 0 aliphatic carbocycles. The molecule has 0 unspecified atom stereocenters. The van der Waals surface area contributed by atoms with Gasteiger partial charge in [-0.2, -0.15) is 8.78 Å². The Morgan fingerprint density at radius 2 is 2.18 bits per heavy atom. The Hall–Kier alpha value is -1.30. The van der Waals surface area contributed by atoms with Gasteiger partial charge in [0.1, 0.15) is 5.69 Å². The van der Waals surface area contributed by atoms with E-state index in [4.69, 9.17) is 0 Å². The van der Waals surface area contributed by atoms with Crippen LogP contribution in [0.15, 0.2) is 12.3 Å². The molecule has 0 radical (unpaired) electrons. The van der Waals surface area contributed by atoms with Crippen molar-refractivity contribution in [2.75, 3.05) is 31.1 Å². The van der Waals surface area contributed by atoms with Crippen LogP contribution in [0.4, 0.5) is 14.7 Å². The summed E-state index contributed by atoms with van der Waals surface area (Å²) < 4.78 is 26.3. The second-order valence-electron chi connectivity index (χ2n) is 4.22. The van der Waals surface area contributed by atoms with Crippen molar-refractivity contribution in [3.05, 3.63) is 18.0 Å². The lowest BCUT2D eigenvalue weighted by molar-refractivity contribution is 0.0127. The van der Waals surface area contributed by atoms with Gasteiger partial charge in [-0.1, -0.05) is 0 Å². The molecule has 94 valence electrons. The Labute approximate surface area is 99.1 Å². The summed E-state index contributed by atoms with van der Waals surface area (Å²) in [5.41, 5.74) is -0.222. The maximum Gasteiger partial charge on any atom is 0.287 e. The van der Waals surface area contributed by atoms with E-state index in [0.29, 0.717) is 5.95 Å². The molecule has 1 aliphatic heterocycles. The summed E-state index contributed by atoms with van der Waals surface area (Å²) in [6.45, 7) is 4.17. The van der Waals surface area contributed by atoms with Crippen molar-refractivity contribution < 1.29 is 8.78 Å². The molecule has 0 bridgehead atoms. The van der Waals surface area contributed by atoms with E-state index in [1.807, 2.05) is 4.90 Å². The van der Waals surface area contributed by atoms with Gasteiger partial charge in [0.05, 0.1) is 0 Å². The molecule has 1 saturated heterocycles. The highest BCUT2D eigenvalue weighted by atomic mass is 19.3. The van der Waals surface area contributed by atoms with Crippen molar-refractivity contribution in [3.63, 3.8) is 0 Å². The normalized spacial score (nSPS) is 17.9. The van der Waals surface area contributed by atoms with Gasteiger partial charge < -0.3 is 10.2 Å². The van der Waals surface area contributed by atoms with E-state index in [1.54, 1.807) is 0 Å². The van der Waals surface area contributed by atoms with Gasteiger partial charge in [0.15, 0.2) is 0 Å². The lowest BCUT2D eigenvalue weighted by Gasteiger charge is -2.20. The van der Waals surface area contributed by atoms with Crippen LogP contribution in [-0.4, -0.2) is 36.1 Å². The SMILES string of the molecule is CC(F)(F)c1ccnc(N2CCCNCC2)n1. The molecular weight excluding hydrogens is 226 g/mol. The molecule has 0 aromatic carbocycles. The van der Waals surface area contributed by atoms with E-state index in [0.717, 1.165) is 39.5 Å². The third-order valence-corrected chi connectivity index (χ3v) is 2.72. The Morgan fingerprint density at radius 3 is 2.94 bits per heavy atom. The van der Waals surface area contributed by atoms with E-state index in [9.17, 15) is 8.78 Å². The third-order valence-electron chi connectivity index (χ3n) is 2.72. The summed E-state index contributed by atoms with van der Waals surface area (Å²) in [4.78, 5) is 9.96. The zero-order valence-corrected chi connectivity index (χ0v) is 9.79. The van der Waals surface area contributed by atoms with Gasteiger partial charge in [-0.15, -0.1) is 0 Å². The fourth-order valence-corrected chi connectivity index (χ4v) is 1.79. The van der Waals surface area contributed by atoms with Crippen LogP contribution in [0, 0.1) is 0 Å². The maximum atomic E-state index is 13.2. The quantitative estimate of drug-likeness (QED) is 0.851. The molecule has 6 heteroatoms. The van der Waals surface area contributed by atoms with Crippen molar-refractivity contribution in [1.82, 2.24) is 15.3 Å². The minimum atomic E-state index is -2.91. The molecule has 0 spiro atoms. The highest BCUT2D eigenvalue weighted by molar-refractivity contribution is 5.31. The van der Waals surface area contributed by atoms with Crippen LogP contribution in [0.25, 0.3) is 0 Å². The Morgan fingerprint density at radius 1 is 1.35 bits per heavy atom. The van der Waals surface area contributed by atoms with E-state index < -0.39 is 5.92 Å². The highest BCUT2D eigenvalue weighted by Gasteiger charge is 2.27. The monoisotopic (exact) mass is 242 g/mol. The van der Waals surface area contributed by atoms with Crippen molar-refractivity contribution in [2.24, 2.45) is 0 Å². The Bertz CT molecular complexity index is 370. The summed E-state index contributed by atoms with van der Waals surface area (Å²) in [6.07, 6.45) is 2.36. The van der Waals surface area contributed by atoms with Crippen molar-refractivity contribution in [1.29, 1.82) is 0 Å². The molecule has 1 aliphatic rings. The first-order chi connectivity index (χ1) is 8.07. The van der Waals surface area contributed by atoms with Crippen LogP contribution < -0.4 is 10.2 Å². The fraction of sp³-hybridized carbons (Fsp3) is 0.636. The average molecular weight is 242 g/mol. The fourth-order valence-electron chi connectivity index (χ4n) is 1.79. The predicted molar refractivity (Wildman–Crippen MR) is 61.3 cm³/mol. The topological polar surface area (TPSA) is 41.1 Å². The molecule has 0 saturated carbocycles. The number of alkyl halides is 2. The number of hydrogen-bond donors (Lipinski definition) is 1. The maximum absolute atomic E-state index is 13.2. The van der Waals surface area contributed by atoms with Crippen LogP contribution in [0.2, 0.25) is 0 Å². The van der Waals surface area contributed by atoms with Crippen molar-refractivity contribution in [2.45, 2.75) is 19.3 Å². The van der Waals surface area contributed by atoms with Gasteiger partial charge in [-0.3, -0.25) is 0 Å². The summed E-state index contributed by atoms with van der Waals surface area (Å²) >= 11 is 0. The zero-order chi connectivity index (χ0) is 12.3. The van der Waals surface area contributed by atoms with Crippen molar-refractivity contribution in [3.8, 4) is 0 Å². The first-order valence-electron chi connectivity index (χ1n) is 5.74. The second-order valence-corrected chi connectivity index (χ2v) is 4.22. The average Bonchev–Trinajstić information content (AvgIpc) is 2.56. The lowest BCUT2D eigenvalue weighted by atomic mass is 10.2. The summed E-state index contributed by atoms with van der Waals surface area (Å²) in [6, 6.07) is 1.26. The molecule has 1 aromatic rings. The molecule has 4 nitrogen and oxygen atoms in total. The molecular formula is C11H16F2N4. The molecule has 1 aromatic heterocycles. The molecule has 17 heavy (non-hydrogen) atoms. The standard InChI is InChI=1S/C11H16F2N4/c1-11(12,13)9-3-5-15-10(16-9)17-7-2-4-14-6-8-17/h3,5,14H,2,4,6-8H2,1H3. The summed E-state index contributed by atoms with van der Waals surface area (Å²) in [5.74, 6) is -2.52. The minimum Gasteiger partial charge on any atom is -0.339 e. The smallest absolute Gasteiger partial charge is 0.287 e. The number of nitrogens with zero attached hydrogens (tertiary/aromatic N) is 3. The van der Waals surface area contributed by atoms with Crippen molar-refractivity contribution >= 4 is 5.95 Å². The minimum absolute atomic E-state index is 0.222. The van der Waals surface area contributed by atoms with Gasteiger partial charge in [0, 0.05) is 32.8 Å². The van der Waals surface area contributed by atoms with Crippen LogP contribution in [0.1, 0.15) is 19.0 Å². The number of rotatable bonds is 2. The van der Waals surface area contributed by atoms with E-state index in [2.05, 4.69) is 15.3 Å². The number of anilines is 1. The van der Waals surface area contributed by atoms with E-state index in [-0.39, 0.29) is 5.69 Å². The highest BCUT2D eigenvalue weighted by Crippen LogP contribution is 2.25. The number of aromatic nitrogens is 2. The summed E-state index contributed by atoms with van der Waals surface area (Å²) in [5, 5.41) is 3.25. The lowest BCUT2D eigenvalue weighted by Crippen LogP contribution is -2.30. The molecule has 0 amide bonds.